The molecule has 144 valence electrons. The molecular weight excluding hydrogens is 352 g/mol. The normalized spacial score (nSPS) is 28.0. The van der Waals surface area contributed by atoms with Crippen LogP contribution in [-0.4, -0.2) is 0 Å². The molecule has 4 atom stereocenters. The van der Waals surface area contributed by atoms with Crippen LogP contribution < -0.4 is 0 Å². The molecule has 0 bridgehead atoms. The lowest BCUT2D eigenvalue weighted by Gasteiger charge is -2.41. The second-order valence-electron chi connectivity index (χ2n) is 8.44. The first-order valence-corrected chi connectivity index (χ1v) is 9.86. The molecule has 0 aromatic heterocycles. The number of benzene rings is 2. The van der Waals surface area contributed by atoms with E-state index in [2.05, 4.69) is 6.92 Å². The predicted molar refractivity (Wildman–Crippen MR) is 98.3 cm³/mol. The Morgan fingerprint density at radius 1 is 0.704 bits per heavy atom. The first kappa shape index (κ1) is 18.5. The second-order valence-corrected chi connectivity index (χ2v) is 8.44. The summed E-state index contributed by atoms with van der Waals surface area (Å²) < 4.78 is 56.0. The predicted octanol–water partition coefficient (Wildman–Crippen LogP) is 7.23. The van der Waals surface area contributed by atoms with Crippen molar-refractivity contribution in [2.45, 2.75) is 51.4 Å². The van der Waals surface area contributed by atoms with Crippen molar-refractivity contribution < 1.29 is 17.6 Å². The van der Waals surface area contributed by atoms with Gasteiger partial charge in [-0.3, -0.25) is 0 Å². The Morgan fingerprint density at radius 2 is 1.37 bits per heavy atom. The summed E-state index contributed by atoms with van der Waals surface area (Å²) >= 11 is 0. The molecule has 2 aromatic carbocycles. The summed E-state index contributed by atoms with van der Waals surface area (Å²) in [7, 11) is 0. The van der Waals surface area contributed by atoms with Gasteiger partial charge in [0.2, 0.25) is 0 Å². The monoisotopic (exact) mass is 376 g/mol. The standard InChI is InChI=1S/C23H24F4/c1-13-2-3-15-9-16(5-4-14(15)8-13)18-11-21(26)23(22(27)12-18)17-6-7-19(24)20(25)10-17/h6-7,10-16H,2-5,8-9H2,1H3. The van der Waals surface area contributed by atoms with Crippen molar-refractivity contribution in [3.8, 4) is 11.1 Å². The Morgan fingerprint density at radius 3 is 2.07 bits per heavy atom. The fourth-order valence-corrected chi connectivity index (χ4v) is 5.18. The van der Waals surface area contributed by atoms with Gasteiger partial charge in [-0.1, -0.05) is 19.4 Å². The van der Waals surface area contributed by atoms with E-state index in [-0.39, 0.29) is 17.0 Å². The van der Waals surface area contributed by atoms with Crippen molar-refractivity contribution in [1.82, 2.24) is 0 Å². The minimum absolute atomic E-state index is 0.0143. The lowest BCUT2D eigenvalue weighted by molar-refractivity contribution is 0.124. The Bertz CT molecular complexity index is 821. The molecule has 4 heteroatoms. The fraction of sp³-hybridized carbons (Fsp3) is 0.478. The highest BCUT2D eigenvalue weighted by atomic mass is 19.2. The number of hydrogen-bond acceptors (Lipinski definition) is 0. The lowest BCUT2D eigenvalue weighted by atomic mass is 9.64. The maximum absolute atomic E-state index is 14.7. The van der Waals surface area contributed by atoms with Crippen molar-refractivity contribution in [3.05, 3.63) is 59.2 Å². The Balaban J connectivity index is 1.59. The molecule has 0 nitrogen and oxygen atoms in total. The summed E-state index contributed by atoms with van der Waals surface area (Å²) in [5.74, 6) is -1.21. The molecule has 0 N–H and O–H groups in total. The van der Waals surface area contributed by atoms with E-state index < -0.39 is 23.3 Å². The van der Waals surface area contributed by atoms with Gasteiger partial charge in [0.25, 0.3) is 0 Å². The van der Waals surface area contributed by atoms with Gasteiger partial charge in [-0.25, -0.2) is 17.6 Å². The zero-order valence-electron chi connectivity index (χ0n) is 15.5. The molecule has 0 amide bonds. The van der Waals surface area contributed by atoms with Crippen molar-refractivity contribution in [1.29, 1.82) is 0 Å². The van der Waals surface area contributed by atoms with Crippen LogP contribution in [0.4, 0.5) is 17.6 Å². The average molecular weight is 376 g/mol. The molecule has 2 saturated carbocycles. The van der Waals surface area contributed by atoms with Gasteiger partial charge in [0.1, 0.15) is 11.6 Å². The summed E-state index contributed by atoms with van der Waals surface area (Å²) in [5.41, 5.74) is 0.409. The van der Waals surface area contributed by atoms with Crippen LogP contribution >= 0.6 is 0 Å². The van der Waals surface area contributed by atoms with Gasteiger partial charge in [-0.15, -0.1) is 0 Å². The molecule has 0 saturated heterocycles. The van der Waals surface area contributed by atoms with Gasteiger partial charge in [-0.2, -0.15) is 0 Å². The van der Waals surface area contributed by atoms with Crippen molar-refractivity contribution in [2.75, 3.05) is 0 Å². The zero-order valence-corrected chi connectivity index (χ0v) is 15.5. The van der Waals surface area contributed by atoms with Gasteiger partial charge >= 0.3 is 0 Å². The van der Waals surface area contributed by atoms with Crippen LogP contribution in [0.1, 0.15) is 56.9 Å². The summed E-state index contributed by atoms with van der Waals surface area (Å²) in [6.07, 6.45) is 6.78. The fourth-order valence-electron chi connectivity index (χ4n) is 5.18. The van der Waals surface area contributed by atoms with E-state index in [0.717, 1.165) is 43.2 Å². The van der Waals surface area contributed by atoms with E-state index in [4.69, 9.17) is 0 Å². The molecule has 4 unspecified atom stereocenters. The smallest absolute Gasteiger partial charge is 0.159 e. The van der Waals surface area contributed by atoms with Crippen molar-refractivity contribution >= 4 is 0 Å². The van der Waals surface area contributed by atoms with E-state index in [1.165, 1.54) is 37.5 Å². The van der Waals surface area contributed by atoms with Crippen molar-refractivity contribution in [2.24, 2.45) is 17.8 Å². The maximum atomic E-state index is 14.7. The number of fused-ring (bicyclic) bond motifs is 1. The van der Waals surface area contributed by atoms with Crippen LogP contribution in [-0.2, 0) is 0 Å². The van der Waals surface area contributed by atoms with Gasteiger partial charge in [0.05, 0.1) is 5.56 Å². The van der Waals surface area contributed by atoms with Crippen LogP contribution in [0.5, 0.6) is 0 Å². The zero-order chi connectivity index (χ0) is 19.1. The van der Waals surface area contributed by atoms with Crippen LogP contribution in [0.3, 0.4) is 0 Å². The van der Waals surface area contributed by atoms with E-state index in [1.54, 1.807) is 0 Å². The van der Waals surface area contributed by atoms with E-state index in [9.17, 15) is 17.6 Å². The molecule has 4 rings (SSSR count). The highest BCUT2D eigenvalue weighted by Gasteiger charge is 2.35. The molecule has 2 aliphatic rings. The van der Waals surface area contributed by atoms with Crippen LogP contribution in [0.15, 0.2) is 30.3 Å². The minimum atomic E-state index is -1.11. The maximum Gasteiger partial charge on any atom is 0.159 e. The summed E-state index contributed by atoms with van der Waals surface area (Å²) in [6.45, 7) is 2.31. The number of halogens is 4. The van der Waals surface area contributed by atoms with Crippen LogP contribution in [0.2, 0.25) is 0 Å². The molecule has 27 heavy (non-hydrogen) atoms. The molecule has 2 fully saturated rings. The molecule has 0 aliphatic heterocycles. The van der Waals surface area contributed by atoms with Gasteiger partial charge < -0.3 is 0 Å². The second kappa shape index (κ2) is 7.29. The molecule has 2 aromatic rings. The highest BCUT2D eigenvalue weighted by Crippen LogP contribution is 2.48. The highest BCUT2D eigenvalue weighted by molar-refractivity contribution is 5.65. The van der Waals surface area contributed by atoms with E-state index in [0.29, 0.717) is 11.5 Å². The topological polar surface area (TPSA) is 0 Å². The summed E-state index contributed by atoms with van der Waals surface area (Å²) in [6, 6.07) is 5.70. The van der Waals surface area contributed by atoms with Crippen LogP contribution in [0, 0.1) is 41.0 Å². The SMILES string of the molecule is CC1CCC2CC(c3cc(F)c(-c4ccc(F)c(F)c4)c(F)c3)CCC2C1. The Labute approximate surface area is 157 Å². The van der Waals surface area contributed by atoms with E-state index in [1.807, 2.05) is 0 Å². The summed E-state index contributed by atoms with van der Waals surface area (Å²) in [5, 5.41) is 0. The number of hydrogen-bond donors (Lipinski definition) is 0. The third kappa shape index (κ3) is 3.63. The molecular formula is C23H24F4. The minimum Gasteiger partial charge on any atom is -0.206 e. The summed E-state index contributed by atoms with van der Waals surface area (Å²) in [4.78, 5) is 0. The largest absolute Gasteiger partial charge is 0.206 e. The third-order valence-electron chi connectivity index (χ3n) is 6.62. The molecule has 0 heterocycles. The average Bonchev–Trinajstić information content (AvgIpc) is 2.63. The van der Waals surface area contributed by atoms with Crippen molar-refractivity contribution in [3.63, 3.8) is 0 Å². The van der Waals surface area contributed by atoms with Crippen LogP contribution in [0.25, 0.3) is 11.1 Å². The van der Waals surface area contributed by atoms with Gasteiger partial charge in [0.15, 0.2) is 11.6 Å². The molecule has 0 radical (unpaired) electrons. The van der Waals surface area contributed by atoms with E-state index >= 15 is 0 Å². The Hall–Kier alpha value is -1.84. The number of rotatable bonds is 2. The first-order chi connectivity index (χ1) is 12.9. The quantitative estimate of drug-likeness (QED) is 0.485. The van der Waals surface area contributed by atoms with Gasteiger partial charge in [-0.05, 0) is 91.2 Å². The Kier molecular flexibility index (Phi) is 5.00. The van der Waals surface area contributed by atoms with Gasteiger partial charge in [0, 0.05) is 0 Å². The first-order valence-electron chi connectivity index (χ1n) is 9.86. The third-order valence-corrected chi connectivity index (χ3v) is 6.62. The lowest BCUT2D eigenvalue weighted by Crippen LogP contribution is -2.29. The molecule has 0 spiro atoms. The molecule has 2 aliphatic carbocycles.